The number of fused-ring (bicyclic) bond motifs is 1. The molecule has 0 amide bonds. The molecule has 2 aromatic heterocycles. The third-order valence-corrected chi connectivity index (χ3v) is 4.54. The van der Waals surface area contributed by atoms with E-state index in [1.54, 1.807) is 32.5 Å². The molecule has 7 nitrogen and oxygen atoms in total. The predicted octanol–water partition coefficient (Wildman–Crippen LogP) is 4.21. The van der Waals surface area contributed by atoms with Crippen LogP contribution < -0.4 is 20.3 Å². The van der Waals surface area contributed by atoms with E-state index in [4.69, 9.17) is 9.47 Å². The fourth-order valence-electron chi connectivity index (χ4n) is 2.93. The smallest absolute Gasteiger partial charge is 0.268 e. The molecule has 1 N–H and O–H groups in total. The second-order valence-electron chi connectivity index (χ2n) is 6.42. The average Bonchev–Trinajstić information content (AvgIpc) is 2.80. The summed E-state index contributed by atoms with van der Waals surface area (Å²) in [5.74, 6) is 1.91. The lowest BCUT2D eigenvalue weighted by atomic mass is 10.2. The van der Waals surface area contributed by atoms with Gasteiger partial charge < -0.3 is 14.8 Å². The highest BCUT2D eigenvalue weighted by Crippen LogP contribution is 2.21. The van der Waals surface area contributed by atoms with Gasteiger partial charge in [0.2, 0.25) is 0 Å². The molecular weight excluding hydrogens is 380 g/mol. The Hall–Kier alpha value is -4.13. The summed E-state index contributed by atoms with van der Waals surface area (Å²) in [5.41, 5.74) is 2.16. The predicted molar refractivity (Wildman–Crippen MR) is 118 cm³/mol. The van der Waals surface area contributed by atoms with Gasteiger partial charge in [0.05, 0.1) is 19.9 Å². The van der Waals surface area contributed by atoms with Crippen molar-refractivity contribution in [1.82, 2.24) is 9.38 Å². The van der Waals surface area contributed by atoms with Gasteiger partial charge in [-0.25, -0.2) is 4.98 Å². The summed E-state index contributed by atoms with van der Waals surface area (Å²) in [7, 11) is 3.22. The Morgan fingerprint density at radius 3 is 2.27 bits per heavy atom. The summed E-state index contributed by atoms with van der Waals surface area (Å²) in [4.78, 5) is 22.2. The Bertz CT molecular complexity index is 1250. The van der Waals surface area contributed by atoms with Crippen molar-refractivity contribution in [3.63, 3.8) is 0 Å². The van der Waals surface area contributed by atoms with Crippen molar-refractivity contribution < 1.29 is 9.47 Å². The van der Waals surface area contributed by atoms with Crippen LogP contribution in [0.3, 0.4) is 0 Å². The molecule has 0 aliphatic heterocycles. The Kier molecular flexibility index (Phi) is 5.43. The SMILES string of the molecule is COc1ccc(N=Cc2c(Nc3ccc(OC)cc3)nc3ccccn3c2=O)cc1. The number of nitrogens with one attached hydrogen (secondary N) is 1. The Morgan fingerprint density at radius 1 is 0.933 bits per heavy atom. The first-order valence-corrected chi connectivity index (χ1v) is 9.28. The number of nitrogens with zero attached hydrogens (tertiary/aromatic N) is 3. The molecule has 0 saturated carbocycles. The molecule has 0 saturated heterocycles. The summed E-state index contributed by atoms with van der Waals surface area (Å²) in [6, 6.07) is 20.1. The number of anilines is 2. The first kappa shape index (κ1) is 19.2. The largest absolute Gasteiger partial charge is 0.497 e. The van der Waals surface area contributed by atoms with E-state index in [-0.39, 0.29) is 5.56 Å². The maximum Gasteiger partial charge on any atom is 0.268 e. The highest BCUT2D eigenvalue weighted by molar-refractivity contribution is 5.89. The zero-order chi connectivity index (χ0) is 20.9. The van der Waals surface area contributed by atoms with Crippen LogP contribution in [0.15, 0.2) is 82.7 Å². The molecular formula is C23H20N4O3. The monoisotopic (exact) mass is 400 g/mol. The molecule has 0 aliphatic carbocycles. The molecule has 2 heterocycles. The molecule has 7 heteroatoms. The molecule has 0 spiro atoms. The first-order chi connectivity index (χ1) is 14.7. The van der Waals surface area contributed by atoms with Crippen molar-refractivity contribution in [2.75, 3.05) is 19.5 Å². The van der Waals surface area contributed by atoms with E-state index in [1.165, 1.54) is 10.6 Å². The number of aliphatic imine (C=N–C) groups is 1. The molecule has 0 aliphatic rings. The third-order valence-electron chi connectivity index (χ3n) is 4.54. The number of pyridine rings is 1. The molecule has 2 aromatic carbocycles. The standard InChI is InChI=1S/C23H20N4O3/c1-29-18-10-6-16(7-11-18)24-15-20-22(25-17-8-12-19(30-2)13-9-17)26-21-5-3-4-14-27(21)23(20)28/h3-15,25H,1-2H3. The molecule has 0 bridgehead atoms. The summed E-state index contributed by atoms with van der Waals surface area (Å²) in [6.07, 6.45) is 3.22. The van der Waals surface area contributed by atoms with E-state index in [9.17, 15) is 4.79 Å². The summed E-state index contributed by atoms with van der Waals surface area (Å²) in [6.45, 7) is 0. The number of ether oxygens (including phenoxy) is 2. The normalized spacial score (nSPS) is 11.0. The molecule has 0 fully saturated rings. The minimum absolute atomic E-state index is 0.214. The summed E-state index contributed by atoms with van der Waals surface area (Å²) < 4.78 is 11.9. The van der Waals surface area contributed by atoms with Gasteiger partial charge in [-0.2, -0.15) is 0 Å². The van der Waals surface area contributed by atoms with Crippen molar-refractivity contribution in [3.05, 3.63) is 88.8 Å². The number of rotatable bonds is 6. The lowest BCUT2D eigenvalue weighted by Gasteiger charge is -2.11. The molecule has 0 unspecified atom stereocenters. The third kappa shape index (κ3) is 4.00. The second-order valence-corrected chi connectivity index (χ2v) is 6.42. The van der Waals surface area contributed by atoms with Crippen molar-refractivity contribution >= 4 is 29.1 Å². The van der Waals surface area contributed by atoms with Gasteiger partial charge in [-0.15, -0.1) is 0 Å². The van der Waals surface area contributed by atoms with Crippen LogP contribution in [0.2, 0.25) is 0 Å². The molecule has 4 aromatic rings. The van der Waals surface area contributed by atoms with E-state index < -0.39 is 0 Å². The van der Waals surface area contributed by atoms with Gasteiger partial charge in [0.15, 0.2) is 0 Å². The summed E-state index contributed by atoms with van der Waals surface area (Å²) in [5, 5.41) is 3.22. The van der Waals surface area contributed by atoms with Crippen molar-refractivity contribution in [3.8, 4) is 11.5 Å². The van der Waals surface area contributed by atoms with Crippen molar-refractivity contribution in [2.24, 2.45) is 4.99 Å². The van der Waals surface area contributed by atoms with Gasteiger partial charge >= 0.3 is 0 Å². The van der Waals surface area contributed by atoms with Gasteiger partial charge in [0.1, 0.15) is 28.5 Å². The minimum Gasteiger partial charge on any atom is -0.497 e. The maximum atomic E-state index is 13.1. The Balaban J connectivity index is 1.76. The van der Waals surface area contributed by atoms with Crippen LogP contribution >= 0.6 is 0 Å². The van der Waals surface area contributed by atoms with Crippen LogP contribution in [0.25, 0.3) is 5.65 Å². The fraction of sp³-hybridized carbons (Fsp3) is 0.0870. The van der Waals surface area contributed by atoms with Crippen LogP contribution in [-0.4, -0.2) is 29.8 Å². The van der Waals surface area contributed by atoms with E-state index >= 15 is 0 Å². The Morgan fingerprint density at radius 2 is 1.60 bits per heavy atom. The summed E-state index contributed by atoms with van der Waals surface area (Å²) >= 11 is 0. The number of hydrogen-bond acceptors (Lipinski definition) is 6. The molecule has 4 rings (SSSR count). The number of hydrogen-bond donors (Lipinski definition) is 1. The van der Waals surface area contributed by atoms with Gasteiger partial charge in [0, 0.05) is 18.1 Å². The quantitative estimate of drug-likeness (QED) is 0.491. The minimum atomic E-state index is -0.214. The highest BCUT2D eigenvalue weighted by atomic mass is 16.5. The van der Waals surface area contributed by atoms with Crippen LogP contribution in [0.5, 0.6) is 11.5 Å². The van der Waals surface area contributed by atoms with Gasteiger partial charge in [0.25, 0.3) is 5.56 Å². The Labute approximate surface area is 173 Å². The van der Waals surface area contributed by atoms with Gasteiger partial charge in [-0.1, -0.05) is 6.07 Å². The van der Waals surface area contributed by atoms with Crippen LogP contribution in [0.1, 0.15) is 5.56 Å². The average molecular weight is 400 g/mol. The van der Waals surface area contributed by atoms with Crippen LogP contribution in [0, 0.1) is 0 Å². The topological polar surface area (TPSA) is 77.2 Å². The molecule has 30 heavy (non-hydrogen) atoms. The van der Waals surface area contributed by atoms with Crippen molar-refractivity contribution in [1.29, 1.82) is 0 Å². The highest BCUT2D eigenvalue weighted by Gasteiger charge is 2.11. The first-order valence-electron chi connectivity index (χ1n) is 9.28. The molecule has 0 radical (unpaired) electrons. The van der Waals surface area contributed by atoms with Crippen LogP contribution in [-0.2, 0) is 0 Å². The maximum absolute atomic E-state index is 13.1. The number of benzene rings is 2. The number of aromatic nitrogens is 2. The van der Waals surface area contributed by atoms with E-state index in [2.05, 4.69) is 15.3 Å². The van der Waals surface area contributed by atoms with E-state index in [0.717, 1.165) is 17.2 Å². The zero-order valence-corrected chi connectivity index (χ0v) is 16.6. The molecule has 150 valence electrons. The van der Waals surface area contributed by atoms with E-state index in [1.807, 2.05) is 54.6 Å². The van der Waals surface area contributed by atoms with Gasteiger partial charge in [-0.3, -0.25) is 14.2 Å². The second kappa shape index (κ2) is 8.48. The van der Waals surface area contributed by atoms with Gasteiger partial charge in [-0.05, 0) is 60.7 Å². The zero-order valence-electron chi connectivity index (χ0n) is 16.6. The van der Waals surface area contributed by atoms with E-state index in [0.29, 0.717) is 22.7 Å². The molecule has 0 atom stereocenters. The lowest BCUT2D eigenvalue weighted by molar-refractivity contribution is 0.415. The van der Waals surface area contributed by atoms with Crippen molar-refractivity contribution in [2.45, 2.75) is 0 Å². The lowest BCUT2D eigenvalue weighted by Crippen LogP contribution is -2.21. The fourth-order valence-corrected chi connectivity index (χ4v) is 2.93. The number of methoxy groups -OCH3 is 2. The van der Waals surface area contributed by atoms with Crippen LogP contribution in [0.4, 0.5) is 17.2 Å².